The lowest BCUT2D eigenvalue weighted by atomic mass is 9.99. The van der Waals surface area contributed by atoms with Crippen molar-refractivity contribution in [2.45, 2.75) is 44.7 Å². The number of carbonyl (C=O) groups is 4. The molecule has 1 aliphatic heterocycles. The summed E-state index contributed by atoms with van der Waals surface area (Å²) in [4.78, 5) is 53.6. The first-order valence-electron chi connectivity index (χ1n) is 10.4. The molecule has 0 bridgehead atoms. The summed E-state index contributed by atoms with van der Waals surface area (Å²) in [5.41, 5.74) is 12.6. The van der Waals surface area contributed by atoms with E-state index >= 15 is 0 Å². The fourth-order valence-corrected chi connectivity index (χ4v) is 3.40. The highest BCUT2D eigenvalue weighted by atomic mass is 16.4. The highest BCUT2D eigenvalue weighted by Crippen LogP contribution is 2.19. The van der Waals surface area contributed by atoms with Crippen LogP contribution >= 0.6 is 0 Å². The van der Waals surface area contributed by atoms with Gasteiger partial charge in [0.05, 0.1) is 13.0 Å². The van der Waals surface area contributed by atoms with Crippen LogP contribution in [0.3, 0.4) is 0 Å². The zero-order valence-corrected chi connectivity index (χ0v) is 17.9. The minimum atomic E-state index is -1.21. The van der Waals surface area contributed by atoms with Crippen LogP contribution in [0.1, 0.15) is 36.8 Å². The molecule has 0 aromatic heterocycles. The first kappa shape index (κ1) is 24.6. The van der Waals surface area contributed by atoms with Gasteiger partial charge in [-0.25, -0.2) is 0 Å². The summed E-state index contributed by atoms with van der Waals surface area (Å²) < 4.78 is 0. The average Bonchev–Trinajstić information content (AvgIpc) is 2.75. The van der Waals surface area contributed by atoms with Gasteiger partial charge in [0, 0.05) is 26.1 Å². The molecule has 0 radical (unpaired) electrons. The maximum absolute atomic E-state index is 12.9. The molecule has 32 heavy (non-hydrogen) atoms. The van der Waals surface area contributed by atoms with E-state index in [-0.39, 0.29) is 24.8 Å². The summed E-state index contributed by atoms with van der Waals surface area (Å²) in [5.74, 6) is -2.63. The number of rotatable bonds is 11. The van der Waals surface area contributed by atoms with Gasteiger partial charge >= 0.3 is 5.97 Å². The molecule has 1 heterocycles. The van der Waals surface area contributed by atoms with Crippen LogP contribution in [0.25, 0.3) is 0 Å². The number of hydrogen-bond donors (Lipinski definition) is 5. The molecule has 3 amide bonds. The van der Waals surface area contributed by atoms with Gasteiger partial charge in [0.1, 0.15) is 6.04 Å². The van der Waals surface area contributed by atoms with Crippen molar-refractivity contribution >= 4 is 29.7 Å². The molecule has 7 N–H and O–H groups in total. The normalized spacial score (nSPS) is 13.4. The molecule has 1 aromatic rings. The zero-order chi connectivity index (χ0) is 23.5. The van der Waals surface area contributed by atoms with Crippen molar-refractivity contribution < 1.29 is 24.3 Å². The summed E-state index contributed by atoms with van der Waals surface area (Å²) >= 11 is 0. The Morgan fingerprint density at radius 2 is 1.81 bits per heavy atom. The van der Waals surface area contributed by atoms with Crippen molar-refractivity contribution in [2.24, 2.45) is 16.5 Å². The Balaban J connectivity index is 1.83. The number of unbranched alkanes of at least 4 members (excludes halogenated alkanes) is 1. The van der Waals surface area contributed by atoms with E-state index in [0.717, 1.165) is 11.1 Å². The summed E-state index contributed by atoms with van der Waals surface area (Å²) in [7, 11) is 0. The Kier molecular flexibility index (Phi) is 9.45. The van der Waals surface area contributed by atoms with Crippen molar-refractivity contribution in [2.75, 3.05) is 19.6 Å². The van der Waals surface area contributed by atoms with Crippen molar-refractivity contribution in [3.63, 3.8) is 0 Å². The maximum Gasteiger partial charge on any atom is 0.305 e. The van der Waals surface area contributed by atoms with Crippen LogP contribution in [0.15, 0.2) is 29.3 Å². The first-order chi connectivity index (χ1) is 15.3. The summed E-state index contributed by atoms with van der Waals surface area (Å²) in [6.45, 7) is 0.866. The van der Waals surface area contributed by atoms with Gasteiger partial charge in [0.2, 0.25) is 17.7 Å². The monoisotopic (exact) mass is 446 g/mol. The number of carboxylic acid groups (broad SMARTS) is 1. The number of nitrogens with zero attached hydrogens (tertiary/aromatic N) is 2. The number of guanidine groups is 1. The highest BCUT2D eigenvalue weighted by Gasteiger charge is 2.30. The van der Waals surface area contributed by atoms with E-state index in [4.69, 9.17) is 11.5 Å². The van der Waals surface area contributed by atoms with Crippen LogP contribution < -0.4 is 22.1 Å². The Hall–Kier alpha value is -3.63. The minimum absolute atomic E-state index is 0.00894. The van der Waals surface area contributed by atoms with Gasteiger partial charge in [-0.1, -0.05) is 24.3 Å². The quantitative estimate of drug-likeness (QED) is 0.166. The van der Waals surface area contributed by atoms with Crippen molar-refractivity contribution in [3.8, 4) is 0 Å². The van der Waals surface area contributed by atoms with Gasteiger partial charge in [-0.05, 0) is 30.4 Å². The SMILES string of the molecule is NC(N)=NCCCCC(=O)NCC(=O)N[C@@H](CC(=O)O)C(=O)N1CCc2ccccc2C1. The second-order valence-electron chi connectivity index (χ2n) is 7.54. The van der Waals surface area contributed by atoms with Crippen molar-refractivity contribution in [1.29, 1.82) is 0 Å². The molecule has 0 aliphatic carbocycles. The van der Waals surface area contributed by atoms with Crippen LogP contribution in [-0.2, 0) is 32.1 Å². The number of benzene rings is 1. The molecule has 1 aromatic carbocycles. The largest absolute Gasteiger partial charge is 0.481 e. The third-order valence-electron chi connectivity index (χ3n) is 5.01. The second-order valence-corrected chi connectivity index (χ2v) is 7.54. The van der Waals surface area contributed by atoms with Crippen LogP contribution in [0.5, 0.6) is 0 Å². The molecular weight excluding hydrogens is 416 g/mol. The number of fused-ring (bicyclic) bond motifs is 1. The predicted octanol–water partition coefficient (Wildman–Crippen LogP) is -0.909. The number of hydrogen-bond acceptors (Lipinski definition) is 5. The lowest BCUT2D eigenvalue weighted by Crippen LogP contribution is -2.52. The third kappa shape index (κ3) is 8.25. The molecule has 0 spiro atoms. The Morgan fingerprint density at radius 3 is 2.50 bits per heavy atom. The molecule has 2 rings (SSSR count). The van der Waals surface area contributed by atoms with Crippen LogP contribution in [0, 0.1) is 0 Å². The van der Waals surface area contributed by atoms with E-state index < -0.39 is 30.2 Å². The molecule has 1 atom stereocenters. The van der Waals surface area contributed by atoms with Gasteiger partial charge < -0.3 is 32.1 Å². The lowest BCUT2D eigenvalue weighted by molar-refractivity contribution is -0.144. The van der Waals surface area contributed by atoms with Gasteiger partial charge in [-0.3, -0.25) is 24.2 Å². The molecule has 0 saturated heterocycles. The van der Waals surface area contributed by atoms with Gasteiger partial charge in [0.25, 0.3) is 0 Å². The topological polar surface area (TPSA) is 180 Å². The molecule has 11 heteroatoms. The molecule has 0 fully saturated rings. The maximum atomic E-state index is 12.9. The zero-order valence-electron chi connectivity index (χ0n) is 17.9. The lowest BCUT2D eigenvalue weighted by Gasteiger charge is -2.31. The summed E-state index contributed by atoms with van der Waals surface area (Å²) in [5, 5.41) is 14.1. The first-order valence-corrected chi connectivity index (χ1v) is 10.4. The fourth-order valence-electron chi connectivity index (χ4n) is 3.40. The second kappa shape index (κ2) is 12.3. The molecular formula is C21H30N6O5. The van der Waals surface area contributed by atoms with E-state index in [1.54, 1.807) is 4.90 Å². The number of nitrogens with one attached hydrogen (secondary N) is 2. The van der Waals surface area contributed by atoms with Gasteiger partial charge in [0.15, 0.2) is 5.96 Å². The van der Waals surface area contributed by atoms with E-state index in [0.29, 0.717) is 38.9 Å². The van der Waals surface area contributed by atoms with Gasteiger partial charge in [-0.15, -0.1) is 0 Å². The Labute approximate surface area is 186 Å². The number of amides is 3. The number of nitrogens with two attached hydrogens (primary N) is 2. The third-order valence-corrected chi connectivity index (χ3v) is 5.01. The molecule has 174 valence electrons. The highest BCUT2D eigenvalue weighted by molar-refractivity contribution is 5.92. The number of aliphatic imine (C=N–C) groups is 1. The Morgan fingerprint density at radius 1 is 1.09 bits per heavy atom. The van der Waals surface area contributed by atoms with E-state index in [2.05, 4.69) is 15.6 Å². The van der Waals surface area contributed by atoms with Gasteiger partial charge in [-0.2, -0.15) is 0 Å². The predicted molar refractivity (Wildman–Crippen MR) is 117 cm³/mol. The van der Waals surface area contributed by atoms with Crippen LogP contribution in [0.4, 0.5) is 0 Å². The summed E-state index contributed by atoms with van der Waals surface area (Å²) in [6.07, 6.45) is 1.47. The van der Waals surface area contributed by atoms with E-state index in [1.165, 1.54) is 0 Å². The molecule has 11 nitrogen and oxygen atoms in total. The molecule has 0 saturated carbocycles. The fraction of sp³-hybridized carbons (Fsp3) is 0.476. The molecule has 0 unspecified atom stereocenters. The van der Waals surface area contributed by atoms with Crippen molar-refractivity contribution in [1.82, 2.24) is 15.5 Å². The number of carboxylic acids is 1. The minimum Gasteiger partial charge on any atom is -0.481 e. The smallest absolute Gasteiger partial charge is 0.305 e. The van der Waals surface area contributed by atoms with E-state index in [1.807, 2.05) is 24.3 Å². The van der Waals surface area contributed by atoms with E-state index in [9.17, 15) is 24.3 Å². The average molecular weight is 447 g/mol. The Bertz CT molecular complexity index is 868. The number of aliphatic carboxylic acids is 1. The number of carbonyl (C=O) groups excluding carboxylic acids is 3. The standard InChI is InChI=1S/C21H30N6O5/c22-21(23)24-9-4-3-7-17(28)25-12-18(29)26-16(11-19(30)31)20(32)27-10-8-14-5-1-2-6-15(14)13-27/h1-2,5-6,16H,3-4,7-13H2,(H,25,28)(H,26,29)(H,30,31)(H4,22,23,24)/t16-/m0/s1. The summed E-state index contributed by atoms with van der Waals surface area (Å²) in [6, 6.07) is 6.53. The van der Waals surface area contributed by atoms with Crippen LogP contribution in [-0.4, -0.2) is 65.3 Å². The van der Waals surface area contributed by atoms with Crippen molar-refractivity contribution in [3.05, 3.63) is 35.4 Å². The van der Waals surface area contributed by atoms with Crippen LogP contribution in [0.2, 0.25) is 0 Å². The molecule has 1 aliphatic rings.